The van der Waals surface area contributed by atoms with E-state index in [4.69, 9.17) is 0 Å². The Morgan fingerprint density at radius 3 is 2.43 bits per heavy atom. The van der Waals surface area contributed by atoms with Crippen LogP contribution in [0.1, 0.15) is 51.5 Å². The zero-order valence-corrected chi connectivity index (χ0v) is 16.9. The van der Waals surface area contributed by atoms with Crippen LogP contribution in [0.2, 0.25) is 0 Å². The van der Waals surface area contributed by atoms with Crippen molar-refractivity contribution in [2.24, 2.45) is 5.92 Å². The standard InChI is InChI=1S/C22H31N3O3/c1-22(2)20(27)25(21(28)23-22)14-6-9-19(26)24-15-12-18(13-16-24)11-10-17-7-4-3-5-8-17/h3-5,7-8,18H,6,9-16H2,1-2H3,(H,23,28). The molecule has 0 aromatic heterocycles. The van der Waals surface area contributed by atoms with Crippen LogP contribution in [0.15, 0.2) is 30.3 Å². The third-order valence-corrected chi connectivity index (χ3v) is 5.87. The van der Waals surface area contributed by atoms with E-state index in [1.54, 1.807) is 13.8 Å². The van der Waals surface area contributed by atoms with Crippen LogP contribution in [0.4, 0.5) is 4.79 Å². The number of nitrogens with one attached hydrogen (secondary N) is 1. The summed E-state index contributed by atoms with van der Waals surface area (Å²) in [5.41, 5.74) is 0.535. The maximum Gasteiger partial charge on any atom is 0.325 e. The van der Waals surface area contributed by atoms with Crippen molar-refractivity contribution in [3.8, 4) is 0 Å². The molecule has 0 atom stereocenters. The lowest BCUT2D eigenvalue weighted by molar-refractivity contribution is -0.134. The van der Waals surface area contributed by atoms with Gasteiger partial charge in [0.15, 0.2) is 0 Å². The highest BCUT2D eigenvalue weighted by Gasteiger charge is 2.43. The number of urea groups is 1. The van der Waals surface area contributed by atoms with Gasteiger partial charge in [0.05, 0.1) is 0 Å². The fourth-order valence-corrected chi connectivity index (χ4v) is 4.05. The number of likely N-dealkylation sites (tertiary alicyclic amines) is 1. The van der Waals surface area contributed by atoms with Gasteiger partial charge in [0.2, 0.25) is 5.91 Å². The lowest BCUT2D eigenvalue weighted by Gasteiger charge is -2.32. The number of imide groups is 1. The summed E-state index contributed by atoms with van der Waals surface area (Å²) in [6.07, 6.45) is 5.28. The molecule has 152 valence electrons. The summed E-state index contributed by atoms with van der Waals surface area (Å²) in [5, 5.41) is 2.67. The first kappa shape index (κ1) is 20.4. The van der Waals surface area contributed by atoms with Crippen molar-refractivity contribution in [1.29, 1.82) is 0 Å². The minimum absolute atomic E-state index is 0.132. The summed E-state index contributed by atoms with van der Waals surface area (Å²) in [4.78, 5) is 39.7. The van der Waals surface area contributed by atoms with Crippen LogP contribution < -0.4 is 5.32 Å². The second-order valence-electron chi connectivity index (χ2n) is 8.46. The zero-order valence-electron chi connectivity index (χ0n) is 16.9. The number of aryl methyl sites for hydroxylation is 1. The van der Waals surface area contributed by atoms with Gasteiger partial charge in [-0.3, -0.25) is 14.5 Å². The van der Waals surface area contributed by atoms with Crippen LogP contribution in [0.3, 0.4) is 0 Å². The monoisotopic (exact) mass is 385 g/mol. The fourth-order valence-electron chi connectivity index (χ4n) is 4.05. The number of amides is 4. The average molecular weight is 386 g/mol. The minimum atomic E-state index is -0.845. The smallest absolute Gasteiger partial charge is 0.325 e. The lowest BCUT2D eigenvalue weighted by atomic mass is 9.90. The minimum Gasteiger partial charge on any atom is -0.343 e. The number of benzene rings is 1. The number of hydrogen-bond acceptors (Lipinski definition) is 3. The van der Waals surface area contributed by atoms with E-state index in [-0.39, 0.29) is 17.8 Å². The molecule has 2 heterocycles. The van der Waals surface area contributed by atoms with Gasteiger partial charge in [0.25, 0.3) is 5.91 Å². The van der Waals surface area contributed by atoms with Gasteiger partial charge in [0, 0.05) is 26.1 Å². The number of nitrogens with zero attached hydrogens (tertiary/aromatic N) is 2. The SMILES string of the molecule is CC1(C)NC(=O)N(CCCC(=O)N2CCC(CCc3ccccc3)CC2)C1=O. The molecule has 6 heteroatoms. The van der Waals surface area contributed by atoms with Gasteiger partial charge in [-0.15, -0.1) is 0 Å². The van der Waals surface area contributed by atoms with Gasteiger partial charge in [-0.2, -0.15) is 0 Å². The van der Waals surface area contributed by atoms with Crippen molar-refractivity contribution in [2.45, 2.75) is 57.9 Å². The Morgan fingerprint density at radius 1 is 1.14 bits per heavy atom. The number of carbonyl (C=O) groups is 3. The van der Waals surface area contributed by atoms with Crippen LogP contribution in [0.5, 0.6) is 0 Å². The van der Waals surface area contributed by atoms with Gasteiger partial charge in [0.1, 0.15) is 5.54 Å². The molecule has 1 aromatic rings. The molecule has 1 N–H and O–H groups in total. The molecule has 2 aliphatic heterocycles. The van der Waals surface area contributed by atoms with Crippen LogP contribution in [0, 0.1) is 5.92 Å². The van der Waals surface area contributed by atoms with E-state index < -0.39 is 5.54 Å². The number of hydrogen-bond donors (Lipinski definition) is 1. The molecule has 0 aliphatic carbocycles. The van der Waals surface area contributed by atoms with Crippen molar-refractivity contribution in [3.63, 3.8) is 0 Å². The number of piperidine rings is 1. The van der Waals surface area contributed by atoms with E-state index in [2.05, 4.69) is 29.6 Å². The Hall–Kier alpha value is -2.37. The first-order valence-corrected chi connectivity index (χ1v) is 10.3. The summed E-state index contributed by atoms with van der Waals surface area (Å²) >= 11 is 0. The first-order chi connectivity index (χ1) is 13.4. The normalized spacial score (nSPS) is 19.8. The second kappa shape index (κ2) is 8.76. The predicted octanol–water partition coefficient (Wildman–Crippen LogP) is 2.97. The topological polar surface area (TPSA) is 69.7 Å². The van der Waals surface area contributed by atoms with Crippen LogP contribution in [0.25, 0.3) is 0 Å². The molecule has 3 rings (SSSR count). The van der Waals surface area contributed by atoms with E-state index in [1.807, 2.05) is 11.0 Å². The summed E-state index contributed by atoms with van der Waals surface area (Å²) in [7, 11) is 0. The van der Waals surface area contributed by atoms with Crippen molar-refractivity contribution in [1.82, 2.24) is 15.1 Å². The van der Waals surface area contributed by atoms with E-state index in [1.165, 1.54) is 16.9 Å². The molecule has 28 heavy (non-hydrogen) atoms. The highest BCUT2D eigenvalue weighted by atomic mass is 16.2. The molecule has 2 saturated heterocycles. The summed E-state index contributed by atoms with van der Waals surface area (Å²) in [6, 6.07) is 10.2. The maximum absolute atomic E-state index is 12.5. The average Bonchev–Trinajstić information content (AvgIpc) is 2.89. The molecule has 2 aliphatic rings. The van der Waals surface area contributed by atoms with Gasteiger partial charge in [-0.25, -0.2) is 4.79 Å². The van der Waals surface area contributed by atoms with E-state index in [0.29, 0.717) is 25.3 Å². The van der Waals surface area contributed by atoms with Crippen molar-refractivity contribution in [3.05, 3.63) is 35.9 Å². The maximum atomic E-state index is 12.5. The Labute approximate surface area is 167 Å². The molecule has 2 fully saturated rings. The molecule has 0 saturated carbocycles. The van der Waals surface area contributed by atoms with Crippen LogP contribution in [-0.2, 0) is 16.0 Å². The molecule has 6 nitrogen and oxygen atoms in total. The van der Waals surface area contributed by atoms with Crippen molar-refractivity contribution >= 4 is 17.8 Å². The quantitative estimate of drug-likeness (QED) is 0.734. The van der Waals surface area contributed by atoms with E-state index in [9.17, 15) is 14.4 Å². The summed E-state index contributed by atoms with van der Waals surface area (Å²) in [5.74, 6) is 0.592. The molecule has 1 aromatic carbocycles. The van der Waals surface area contributed by atoms with Crippen molar-refractivity contribution in [2.75, 3.05) is 19.6 Å². The third-order valence-electron chi connectivity index (χ3n) is 5.87. The Balaban J connectivity index is 1.35. The molecular formula is C22H31N3O3. The molecule has 0 spiro atoms. The van der Waals surface area contributed by atoms with Crippen molar-refractivity contribution < 1.29 is 14.4 Å². The van der Waals surface area contributed by atoms with E-state index >= 15 is 0 Å². The molecule has 0 unspecified atom stereocenters. The molecule has 4 amide bonds. The van der Waals surface area contributed by atoms with Gasteiger partial charge in [-0.05, 0) is 57.4 Å². The first-order valence-electron chi connectivity index (χ1n) is 10.3. The fraction of sp³-hybridized carbons (Fsp3) is 0.591. The third kappa shape index (κ3) is 4.91. The number of carbonyl (C=O) groups excluding carboxylic acids is 3. The summed E-state index contributed by atoms with van der Waals surface area (Å²) < 4.78 is 0. The van der Waals surface area contributed by atoms with Gasteiger partial charge < -0.3 is 10.2 Å². The largest absolute Gasteiger partial charge is 0.343 e. The van der Waals surface area contributed by atoms with E-state index in [0.717, 1.165) is 32.4 Å². The highest BCUT2D eigenvalue weighted by molar-refractivity contribution is 6.06. The second-order valence-corrected chi connectivity index (χ2v) is 8.46. The lowest BCUT2D eigenvalue weighted by Crippen LogP contribution is -2.40. The zero-order chi connectivity index (χ0) is 20.1. The predicted molar refractivity (Wildman–Crippen MR) is 108 cm³/mol. The van der Waals surface area contributed by atoms with Gasteiger partial charge in [-0.1, -0.05) is 30.3 Å². The van der Waals surface area contributed by atoms with Gasteiger partial charge >= 0.3 is 6.03 Å². The highest BCUT2D eigenvalue weighted by Crippen LogP contribution is 2.23. The Bertz CT molecular complexity index is 709. The molecule has 0 bridgehead atoms. The Kier molecular flexibility index (Phi) is 6.37. The molecule has 0 radical (unpaired) electrons. The molecular weight excluding hydrogens is 354 g/mol. The Morgan fingerprint density at radius 2 is 1.82 bits per heavy atom. The number of rotatable bonds is 7. The van der Waals surface area contributed by atoms with Crippen LogP contribution in [-0.4, -0.2) is 52.8 Å². The summed E-state index contributed by atoms with van der Waals surface area (Å²) in [6.45, 7) is 5.32. The van der Waals surface area contributed by atoms with Crippen LogP contribution >= 0.6 is 0 Å².